The third kappa shape index (κ3) is 3.79. The number of morpholine rings is 1. The molecule has 2 atom stereocenters. The summed E-state index contributed by atoms with van der Waals surface area (Å²) in [4.78, 5) is 24.7. The van der Waals surface area contributed by atoms with Crippen LogP contribution in [0.5, 0.6) is 0 Å². The zero-order valence-electron chi connectivity index (χ0n) is 11.7. The molecule has 2 unspecified atom stereocenters. The Kier molecular flexibility index (Phi) is 4.80. The van der Waals surface area contributed by atoms with E-state index in [0.29, 0.717) is 32.1 Å². The van der Waals surface area contributed by atoms with E-state index in [-0.39, 0.29) is 17.7 Å². The van der Waals surface area contributed by atoms with Crippen LogP contribution in [-0.4, -0.2) is 63.4 Å². The summed E-state index contributed by atoms with van der Waals surface area (Å²) in [6.45, 7) is 3.80. The van der Waals surface area contributed by atoms with Crippen molar-refractivity contribution < 1.29 is 23.6 Å². The zero-order valence-corrected chi connectivity index (χ0v) is 12.5. The molecule has 2 aliphatic rings. The maximum Gasteiger partial charge on any atom is 0.303 e. The molecule has 2 fully saturated rings. The summed E-state index contributed by atoms with van der Waals surface area (Å²) in [7, 11) is -1.32. The molecular formula is C13H21NO5S. The highest BCUT2D eigenvalue weighted by Gasteiger charge is 2.46. The summed E-state index contributed by atoms with van der Waals surface area (Å²) < 4.78 is 17.5. The van der Waals surface area contributed by atoms with Crippen molar-refractivity contribution in [3.63, 3.8) is 0 Å². The van der Waals surface area contributed by atoms with Crippen LogP contribution in [0.15, 0.2) is 0 Å². The van der Waals surface area contributed by atoms with Gasteiger partial charge in [-0.15, -0.1) is 0 Å². The van der Waals surface area contributed by atoms with Gasteiger partial charge in [-0.25, -0.2) is 0 Å². The van der Waals surface area contributed by atoms with Crippen LogP contribution in [0.1, 0.15) is 26.2 Å². The van der Waals surface area contributed by atoms with Crippen LogP contribution in [0.2, 0.25) is 0 Å². The Labute approximate surface area is 120 Å². The molecule has 1 aliphatic carbocycles. The summed E-state index contributed by atoms with van der Waals surface area (Å²) in [6.07, 6.45) is 1.64. The quantitative estimate of drug-likeness (QED) is 0.760. The van der Waals surface area contributed by atoms with Gasteiger partial charge in [0.25, 0.3) is 0 Å². The molecule has 6 nitrogen and oxygen atoms in total. The van der Waals surface area contributed by atoms with Gasteiger partial charge in [0.05, 0.1) is 19.6 Å². The van der Waals surface area contributed by atoms with E-state index in [0.717, 1.165) is 12.8 Å². The van der Waals surface area contributed by atoms with E-state index in [4.69, 9.17) is 9.84 Å². The number of aliphatic carboxylic acids is 1. The highest BCUT2D eigenvalue weighted by molar-refractivity contribution is 7.86. The molecule has 1 heterocycles. The fraction of sp³-hybridized carbons (Fsp3) is 0.846. The Morgan fingerprint density at radius 2 is 1.95 bits per heavy atom. The monoisotopic (exact) mass is 303 g/mol. The molecule has 20 heavy (non-hydrogen) atoms. The van der Waals surface area contributed by atoms with Gasteiger partial charge in [-0.3, -0.25) is 13.8 Å². The number of carboxylic acid groups (broad SMARTS) is 1. The number of nitrogens with zero attached hydrogens (tertiary/aromatic N) is 1. The molecule has 1 saturated heterocycles. The van der Waals surface area contributed by atoms with Crippen LogP contribution in [-0.2, 0) is 25.1 Å². The fourth-order valence-electron chi connectivity index (χ4n) is 2.45. The lowest BCUT2D eigenvalue weighted by atomic mass is 10.1. The summed E-state index contributed by atoms with van der Waals surface area (Å²) in [5.41, 5.74) is -0.337. The largest absolute Gasteiger partial charge is 0.481 e. The highest BCUT2D eigenvalue weighted by atomic mass is 32.2. The van der Waals surface area contributed by atoms with E-state index in [1.807, 2.05) is 0 Å². The average Bonchev–Trinajstić information content (AvgIpc) is 3.16. The minimum Gasteiger partial charge on any atom is -0.481 e. The second-order valence-electron chi connectivity index (χ2n) is 5.68. The van der Waals surface area contributed by atoms with Crippen molar-refractivity contribution in [1.82, 2.24) is 4.90 Å². The molecule has 0 aromatic rings. The molecule has 0 radical (unpaired) electrons. The molecular weight excluding hydrogens is 282 g/mol. The summed E-state index contributed by atoms with van der Waals surface area (Å²) in [5, 5.41) is 8.30. The van der Waals surface area contributed by atoms with Crippen LogP contribution in [0, 0.1) is 5.41 Å². The van der Waals surface area contributed by atoms with Crippen molar-refractivity contribution >= 4 is 22.7 Å². The van der Waals surface area contributed by atoms with Gasteiger partial charge in [-0.1, -0.05) is 0 Å². The molecule has 2 rings (SSSR count). The van der Waals surface area contributed by atoms with Gasteiger partial charge in [0.15, 0.2) is 0 Å². The smallest absolute Gasteiger partial charge is 0.303 e. The van der Waals surface area contributed by atoms with Gasteiger partial charge in [-0.05, 0) is 25.2 Å². The SMILES string of the molecule is CC(C(=O)N1CCOCC1)S(=O)CC1(CC(=O)O)CC1. The maximum atomic E-state index is 12.3. The number of carboxylic acids is 1. The Morgan fingerprint density at radius 3 is 2.45 bits per heavy atom. The molecule has 1 saturated carbocycles. The minimum atomic E-state index is -1.32. The number of carbonyl (C=O) groups is 2. The molecule has 0 aromatic carbocycles. The standard InChI is InChI=1S/C13H21NO5S/c1-10(12(17)14-4-6-19-7-5-14)20(18)9-13(2-3-13)8-11(15)16/h10H,2-9H2,1H3,(H,15,16). The zero-order chi connectivity index (χ0) is 14.8. The second kappa shape index (κ2) is 6.22. The second-order valence-corrected chi connectivity index (χ2v) is 7.43. The third-order valence-corrected chi connectivity index (χ3v) is 5.88. The lowest BCUT2D eigenvalue weighted by Gasteiger charge is -2.29. The predicted molar refractivity (Wildman–Crippen MR) is 73.8 cm³/mol. The molecule has 114 valence electrons. The van der Waals surface area contributed by atoms with Crippen molar-refractivity contribution in [3.8, 4) is 0 Å². The van der Waals surface area contributed by atoms with E-state index in [1.165, 1.54) is 0 Å². The van der Waals surface area contributed by atoms with Gasteiger partial charge in [-0.2, -0.15) is 0 Å². The normalized spacial score (nSPS) is 23.9. The summed E-state index contributed by atoms with van der Waals surface area (Å²) in [5.74, 6) is -0.652. The van der Waals surface area contributed by atoms with Gasteiger partial charge >= 0.3 is 5.97 Å². The number of rotatable bonds is 6. The average molecular weight is 303 g/mol. The third-order valence-electron chi connectivity index (χ3n) is 4.00. The molecule has 1 N–H and O–H groups in total. The Balaban J connectivity index is 1.88. The van der Waals surface area contributed by atoms with Crippen molar-refractivity contribution in [2.24, 2.45) is 5.41 Å². The number of hydrogen-bond donors (Lipinski definition) is 1. The molecule has 1 amide bonds. The molecule has 1 aliphatic heterocycles. The highest BCUT2D eigenvalue weighted by Crippen LogP contribution is 2.49. The summed E-state index contributed by atoms with van der Waals surface area (Å²) in [6, 6.07) is 0. The predicted octanol–water partition coefficient (Wildman–Crippen LogP) is 0.237. The first kappa shape index (κ1) is 15.4. The lowest BCUT2D eigenvalue weighted by Crippen LogP contribution is -2.46. The Morgan fingerprint density at radius 1 is 1.35 bits per heavy atom. The maximum absolute atomic E-state index is 12.3. The molecule has 0 spiro atoms. The number of hydrogen-bond acceptors (Lipinski definition) is 4. The fourth-order valence-corrected chi connectivity index (χ4v) is 4.07. The molecule has 0 bridgehead atoms. The topological polar surface area (TPSA) is 83.9 Å². The Hall–Kier alpha value is -0.950. The number of carbonyl (C=O) groups excluding carboxylic acids is 1. The van der Waals surface area contributed by atoms with Gasteiger partial charge < -0.3 is 14.7 Å². The van der Waals surface area contributed by atoms with Crippen molar-refractivity contribution in [2.75, 3.05) is 32.1 Å². The molecule has 0 aromatic heterocycles. The molecule has 7 heteroatoms. The van der Waals surface area contributed by atoms with Gasteiger partial charge in [0, 0.05) is 29.6 Å². The number of amides is 1. The van der Waals surface area contributed by atoms with Crippen molar-refractivity contribution in [2.45, 2.75) is 31.4 Å². The van der Waals surface area contributed by atoms with E-state index >= 15 is 0 Å². The van der Waals surface area contributed by atoms with Crippen LogP contribution in [0.4, 0.5) is 0 Å². The van der Waals surface area contributed by atoms with Crippen molar-refractivity contribution in [1.29, 1.82) is 0 Å². The van der Waals surface area contributed by atoms with E-state index < -0.39 is 22.0 Å². The summed E-state index contributed by atoms with van der Waals surface area (Å²) >= 11 is 0. The number of ether oxygens (including phenoxy) is 1. The van der Waals surface area contributed by atoms with E-state index in [2.05, 4.69) is 0 Å². The van der Waals surface area contributed by atoms with Crippen LogP contribution in [0.3, 0.4) is 0 Å². The van der Waals surface area contributed by atoms with Crippen LogP contribution < -0.4 is 0 Å². The van der Waals surface area contributed by atoms with E-state index in [1.54, 1.807) is 11.8 Å². The van der Waals surface area contributed by atoms with E-state index in [9.17, 15) is 13.8 Å². The first-order chi connectivity index (χ1) is 9.43. The minimum absolute atomic E-state index is 0.0528. The Bertz CT molecular complexity index is 415. The van der Waals surface area contributed by atoms with Gasteiger partial charge in [0.2, 0.25) is 5.91 Å². The first-order valence-corrected chi connectivity index (χ1v) is 8.27. The lowest BCUT2D eigenvalue weighted by molar-refractivity contribution is -0.138. The van der Waals surface area contributed by atoms with Crippen LogP contribution >= 0.6 is 0 Å². The first-order valence-electron chi connectivity index (χ1n) is 6.89. The van der Waals surface area contributed by atoms with Crippen molar-refractivity contribution in [3.05, 3.63) is 0 Å². The van der Waals surface area contributed by atoms with Gasteiger partial charge in [0.1, 0.15) is 5.25 Å². The van der Waals surface area contributed by atoms with Crippen LogP contribution in [0.25, 0.3) is 0 Å².